The van der Waals surface area contributed by atoms with E-state index >= 15 is 0 Å². The van der Waals surface area contributed by atoms with Gasteiger partial charge in [-0.05, 0) is 75.0 Å². The summed E-state index contributed by atoms with van der Waals surface area (Å²) in [5.41, 5.74) is -5.32. The van der Waals surface area contributed by atoms with Crippen molar-refractivity contribution in [1.29, 1.82) is 0 Å². The van der Waals surface area contributed by atoms with E-state index in [1.807, 2.05) is 4.90 Å². The van der Waals surface area contributed by atoms with Gasteiger partial charge in [0.1, 0.15) is 12.1 Å². The summed E-state index contributed by atoms with van der Waals surface area (Å²) in [6.07, 6.45) is 5.73. The molecule has 17 heteroatoms. The normalized spacial score (nSPS) is 24.2. The summed E-state index contributed by atoms with van der Waals surface area (Å²) in [5.74, 6) is -1.63. The lowest BCUT2D eigenvalue weighted by Crippen LogP contribution is -2.61. The predicted molar refractivity (Wildman–Crippen MR) is 179 cm³/mol. The van der Waals surface area contributed by atoms with Crippen molar-refractivity contribution in [1.82, 2.24) is 24.9 Å². The molecular weight excluding hydrogens is 695 g/mol. The molecule has 0 aliphatic carbocycles. The predicted octanol–water partition coefficient (Wildman–Crippen LogP) is 3.09. The van der Waals surface area contributed by atoms with Crippen LogP contribution in [-0.2, 0) is 29.4 Å². The van der Waals surface area contributed by atoms with Crippen molar-refractivity contribution in [2.45, 2.75) is 82.1 Å². The Kier molecular flexibility index (Phi) is 10.4. The highest BCUT2D eigenvalue weighted by molar-refractivity contribution is 7.52. The fourth-order valence-electron chi connectivity index (χ4n) is 7.68. The van der Waals surface area contributed by atoms with Gasteiger partial charge in [-0.25, -0.2) is 0 Å². The highest BCUT2D eigenvalue weighted by atomic mass is 32.1. The third kappa shape index (κ3) is 7.17. The molecule has 4 saturated heterocycles. The van der Waals surface area contributed by atoms with Crippen LogP contribution in [0.25, 0.3) is 10.1 Å². The molecule has 13 nitrogen and oxygen atoms in total. The van der Waals surface area contributed by atoms with E-state index in [2.05, 4.69) is 5.32 Å². The van der Waals surface area contributed by atoms with Crippen molar-refractivity contribution in [3.05, 3.63) is 34.7 Å². The number of amides is 5. The summed E-state index contributed by atoms with van der Waals surface area (Å²) in [4.78, 5) is 92.4. The molecule has 1 aromatic carbocycles. The van der Waals surface area contributed by atoms with Crippen LogP contribution < -0.4 is 5.32 Å². The first-order valence-corrected chi connectivity index (χ1v) is 19.5. The molecule has 3 N–H and O–H groups in total. The Balaban J connectivity index is 1.17. The molecule has 5 amide bonds. The van der Waals surface area contributed by atoms with Gasteiger partial charge in [0.25, 0.3) is 5.91 Å². The van der Waals surface area contributed by atoms with Gasteiger partial charge in [0, 0.05) is 68.4 Å². The maximum Gasteiger partial charge on any atom is 0.399 e. The van der Waals surface area contributed by atoms with Crippen molar-refractivity contribution in [2.75, 3.05) is 39.3 Å². The van der Waals surface area contributed by atoms with E-state index in [9.17, 15) is 37.3 Å². The SMILES string of the molecule is CC(=O)N1CC[C@H]2CC[C@@H](C(=O)N3CCC(C(=O)N4CCCCC4)CC3)N2C(=O)C(NC(=O)c2cc3cc(C(F)(F)P(=O)(O)O)ccc3s2)C1. The molecule has 1 unspecified atom stereocenters. The molecule has 0 bridgehead atoms. The molecule has 0 radical (unpaired) electrons. The quantitative estimate of drug-likeness (QED) is 0.381. The van der Waals surface area contributed by atoms with Crippen LogP contribution in [0, 0.1) is 5.92 Å². The average Bonchev–Trinajstić information content (AvgIpc) is 3.72. The molecule has 0 saturated carbocycles. The summed E-state index contributed by atoms with van der Waals surface area (Å²) in [7, 11) is -5.80. The van der Waals surface area contributed by atoms with E-state index in [1.165, 1.54) is 24.0 Å². The van der Waals surface area contributed by atoms with E-state index < -0.39 is 42.7 Å². The number of rotatable bonds is 6. The Bertz CT molecular complexity index is 1720. The Morgan fingerprint density at radius 2 is 1.54 bits per heavy atom. The number of halogens is 2. The number of nitrogens with one attached hydrogen (secondary N) is 1. The summed E-state index contributed by atoms with van der Waals surface area (Å²) < 4.78 is 40.5. The van der Waals surface area contributed by atoms with Gasteiger partial charge < -0.3 is 34.7 Å². The fraction of sp³-hybridized carbons (Fsp3) is 0.606. The molecular formula is C33H42F2N5O8PS. The number of piperidine rings is 2. The van der Waals surface area contributed by atoms with Crippen LogP contribution in [0.4, 0.5) is 8.78 Å². The number of fused-ring (bicyclic) bond motifs is 2. The van der Waals surface area contributed by atoms with Gasteiger partial charge in [0.05, 0.1) is 4.88 Å². The summed E-state index contributed by atoms with van der Waals surface area (Å²) in [5, 5.41) is 2.87. The maximum atomic E-state index is 14.4. The number of alkyl halides is 2. The highest BCUT2D eigenvalue weighted by Gasteiger charge is 2.51. The number of benzene rings is 1. The topological polar surface area (TPSA) is 168 Å². The van der Waals surface area contributed by atoms with E-state index in [-0.39, 0.29) is 46.5 Å². The molecule has 4 fully saturated rings. The summed E-state index contributed by atoms with van der Waals surface area (Å²) in [6, 6.07) is 2.08. The van der Waals surface area contributed by atoms with Gasteiger partial charge in [-0.15, -0.1) is 11.3 Å². The van der Waals surface area contributed by atoms with Crippen LogP contribution in [-0.4, -0.2) is 116 Å². The van der Waals surface area contributed by atoms with Crippen LogP contribution in [0.15, 0.2) is 24.3 Å². The standard InChI is InChI=1S/C33H42F2N5O8PS/c1-20(41)39-16-11-24-6-7-26(32(45)38-14-9-21(10-15-38)30(43)37-12-3-2-4-13-37)40(24)31(44)25(19-39)36-29(42)28-18-22-17-23(5-8-27(22)50-28)33(34,35)49(46,47)48/h5,8,17-18,21,24-26H,2-4,6-7,9-16,19H2,1H3,(H,36,42)(H2,46,47,48)/t24-,25?,26+/m1/s1. The molecule has 4 aliphatic rings. The summed E-state index contributed by atoms with van der Waals surface area (Å²) >= 11 is 0.949. The van der Waals surface area contributed by atoms with Crippen LogP contribution in [0.1, 0.15) is 73.5 Å². The van der Waals surface area contributed by atoms with Crippen LogP contribution in [0.2, 0.25) is 0 Å². The first-order chi connectivity index (χ1) is 23.7. The average molecular weight is 738 g/mol. The van der Waals surface area contributed by atoms with E-state index in [0.717, 1.165) is 55.8 Å². The maximum absolute atomic E-state index is 14.4. The van der Waals surface area contributed by atoms with Gasteiger partial charge in [-0.2, -0.15) is 8.78 Å². The smallest absolute Gasteiger partial charge is 0.342 e. The van der Waals surface area contributed by atoms with E-state index in [4.69, 9.17) is 9.79 Å². The molecule has 0 spiro atoms. The number of carbonyl (C=O) groups is 5. The van der Waals surface area contributed by atoms with Crippen molar-refractivity contribution in [2.24, 2.45) is 5.92 Å². The third-order valence-corrected chi connectivity index (χ3v) is 12.6. The first-order valence-electron chi connectivity index (χ1n) is 17.1. The minimum atomic E-state index is -5.80. The second-order valence-electron chi connectivity index (χ2n) is 13.7. The Labute approximate surface area is 292 Å². The van der Waals surface area contributed by atoms with E-state index in [1.54, 1.807) is 9.80 Å². The van der Waals surface area contributed by atoms with Gasteiger partial charge in [0.15, 0.2) is 0 Å². The van der Waals surface area contributed by atoms with Crippen LogP contribution in [0.3, 0.4) is 0 Å². The molecule has 5 heterocycles. The van der Waals surface area contributed by atoms with Gasteiger partial charge in [-0.1, -0.05) is 6.07 Å². The Hall–Kier alpha value is -3.46. The van der Waals surface area contributed by atoms with Crippen LogP contribution in [0.5, 0.6) is 0 Å². The first kappa shape index (κ1) is 36.3. The number of likely N-dealkylation sites (tertiary alicyclic amines) is 2. The largest absolute Gasteiger partial charge is 0.399 e. The van der Waals surface area contributed by atoms with Crippen molar-refractivity contribution < 1.29 is 47.1 Å². The lowest BCUT2D eigenvalue weighted by atomic mass is 9.93. The number of carbonyl (C=O) groups excluding carboxylic acids is 5. The molecule has 3 atom stereocenters. The third-order valence-electron chi connectivity index (χ3n) is 10.5. The number of hydrogen-bond donors (Lipinski definition) is 3. The zero-order chi connectivity index (χ0) is 36.0. The molecule has 6 rings (SSSR count). The van der Waals surface area contributed by atoms with Crippen LogP contribution >= 0.6 is 18.9 Å². The minimum absolute atomic E-state index is 0.0634. The molecule has 2 aromatic rings. The molecule has 1 aromatic heterocycles. The summed E-state index contributed by atoms with van der Waals surface area (Å²) in [6.45, 7) is 3.95. The van der Waals surface area contributed by atoms with Crippen molar-refractivity contribution >= 4 is 58.6 Å². The Morgan fingerprint density at radius 3 is 2.20 bits per heavy atom. The van der Waals surface area contributed by atoms with Crippen molar-refractivity contribution in [3.8, 4) is 0 Å². The second kappa shape index (κ2) is 14.3. The Morgan fingerprint density at radius 1 is 0.880 bits per heavy atom. The lowest BCUT2D eigenvalue weighted by Gasteiger charge is -2.41. The van der Waals surface area contributed by atoms with E-state index in [0.29, 0.717) is 56.4 Å². The highest BCUT2D eigenvalue weighted by Crippen LogP contribution is 2.59. The zero-order valence-electron chi connectivity index (χ0n) is 27.8. The molecule has 50 heavy (non-hydrogen) atoms. The van der Waals surface area contributed by atoms with Gasteiger partial charge in [-0.3, -0.25) is 28.5 Å². The number of hydrogen-bond acceptors (Lipinski definition) is 7. The number of thiophene rings is 1. The molecule has 272 valence electrons. The number of nitrogens with zero attached hydrogens (tertiary/aromatic N) is 4. The minimum Gasteiger partial charge on any atom is -0.342 e. The lowest BCUT2D eigenvalue weighted by molar-refractivity contribution is -0.150. The molecule has 4 aliphatic heterocycles. The monoisotopic (exact) mass is 737 g/mol. The van der Waals surface area contributed by atoms with Gasteiger partial charge in [0.2, 0.25) is 23.6 Å². The second-order valence-corrected chi connectivity index (χ2v) is 16.4. The fourth-order valence-corrected chi connectivity index (χ4v) is 9.10. The zero-order valence-corrected chi connectivity index (χ0v) is 29.5. The van der Waals surface area contributed by atoms with Gasteiger partial charge >= 0.3 is 13.3 Å². The van der Waals surface area contributed by atoms with Crippen molar-refractivity contribution in [3.63, 3.8) is 0 Å².